The van der Waals surface area contributed by atoms with Gasteiger partial charge in [-0.05, 0) is 19.1 Å². The molecule has 0 radical (unpaired) electrons. The lowest BCUT2D eigenvalue weighted by Gasteiger charge is -1.98. The Morgan fingerprint density at radius 2 is 2.24 bits per heavy atom. The van der Waals surface area contributed by atoms with Crippen molar-refractivity contribution in [2.24, 2.45) is 5.10 Å². The van der Waals surface area contributed by atoms with E-state index in [-0.39, 0.29) is 0 Å². The fourth-order valence-corrected chi connectivity index (χ4v) is 2.78. The number of carbonyl (C=O) groups excluding carboxylic acids is 1. The van der Waals surface area contributed by atoms with Gasteiger partial charge in [-0.15, -0.1) is 0 Å². The highest BCUT2D eigenvalue weighted by Gasteiger charge is 2.15. The molecule has 0 atom stereocenters. The molecule has 5 nitrogen and oxygen atoms in total. The Balaban J connectivity index is 2.09. The standard InChI is InChI=1S/C13H11Cl2N3O2S/c1-7-11(12(19)20-2)21-13(17-7)18-16-6-8-3-4-9(14)5-10(8)15/h3-6H,1-2H3,(H,17,18)/b16-6+. The maximum atomic E-state index is 11.5. The number of halogens is 2. The van der Waals surface area contributed by atoms with Crippen LogP contribution in [-0.4, -0.2) is 24.3 Å². The average molecular weight is 344 g/mol. The number of thiazole rings is 1. The van der Waals surface area contributed by atoms with Crippen molar-refractivity contribution in [3.05, 3.63) is 44.4 Å². The molecule has 0 aliphatic rings. The van der Waals surface area contributed by atoms with E-state index in [0.717, 1.165) is 5.56 Å². The maximum Gasteiger partial charge on any atom is 0.350 e. The number of hydrogen-bond donors (Lipinski definition) is 1. The van der Waals surface area contributed by atoms with Crippen molar-refractivity contribution >= 4 is 51.9 Å². The number of nitrogens with one attached hydrogen (secondary N) is 1. The van der Waals surface area contributed by atoms with E-state index in [2.05, 4.69) is 20.2 Å². The molecule has 21 heavy (non-hydrogen) atoms. The highest BCUT2D eigenvalue weighted by molar-refractivity contribution is 7.17. The van der Waals surface area contributed by atoms with Gasteiger partial charge in [0.1, 0.15) is 4.88 Å². The van der Waals surface area contributed by atoms with Crippen LogP contribution in [0.5, 0.6) is 0 Å². The number of hydrazone groups is 1. The number of esters is 1. The summed E-state index contributed by atoms with van der Waals surface area (Å²) in [5.41, 5.74) is 4.06. The first-order valence-corrected chi connectivity index (χ1v) is 7.38. The van der Waals surface area contributed by atoms with E-state index < -0.39 is 5.97 Å². The summed E-state index contributed by atoms with van der Waals surface area (Å²) in [7, 11) is 1.33. The summed E-state index contributed by atoms with van der Waals surface area (Å²) in [6.07, 6.45) is 1.55. The summed E-state index contributed by atoms with van der Waals surface area (Å²) in [4.78, 5) is 16.1. The minimum absolute atomic E-state index is 0.414. The normalized spacial score (nSPS) is 10.9. The number of aromatic nitrogens is 1. The van der Waals surface area contributed by atoms with Crippen LogP contribution in [0.2, 0.25) is 10.0 Å². The third kappa shape index (κ3) is 3.93. The van der Waals surface area contributed by atoms with Gasteiger partial charge in [-0.25, -0.2) is 9.78 Å². The van der Waals surface area contributed by atoms with Crippen molar-refractivity contribution in [3.8, 4) is 0 Å². The zero-order valence-corrected chi connectivity index (χ0v) is 13.5. The number of anilines is 1. The van der Waals surface area contributed by atoms with Gasteiger partial charge in [-0.3, -0.25) is 5.43 Å². The van der Waals surface area contributed by atoms with Crippen molar-refractivity contribution in [3.63, 3.8) is 0 Å². The number of ether oxygens (including phenoxy) is 1. The molecule has 1 aromatic heterocycles. The zero-order chi connectivity index (χ0) is 15.4. The minimum atomic E-state index is -0.414. The first-order valence-electron chi connectivity index (χ1n) is 5.81. The maximum absolute atomic E-state index is 11.5. The Bertz CT molecular complexity index is 701. The lowest BCUT2D eigenvalue weighted by molar-refractivity contribution is 0.0605. The lowest BCUT2D eigenvalue weighted by atomic mass is 10.2. The van der Waals surface area contributed by atoms with E-state index in [0.29, 0.717) is 25.7 Å². The summed E-state index contributed by atoms with van der Waals surface area (Å²) in [5, 5.41) is 5.59. The van der Waals surface area contributed by atoms with Gasteiger partial charge in [-0.1, -0.05) is 40.6 Å². The highest BCUT2D eigenvalue weighted by atomic mass is 35.5. The summed E-state index contributed by atoms with van der Waals surface area (Å²) in [6.45, 7) is 1.73. The second-order valence-electron chi connectivity index (χ2n) is 3.96. The molecular weight excluding hydrogens is 333 g/mol. The molecule has 1 aromatic carbocycles. The van der Waals surface area contributed by atoms with Crippen molar-refractivity contribution in [2.75, 3.05) is 12.5 Å². The Morgan fingerprint density at radius 1 is 1.48 bits per heavy atom. The van der Waals surface area contributed by atoms with Crippen LogP contribution in [0.15, 0.2) is 23.3 Å². The molecule has 0 saturated carbocycles. The Hall–Kier alpha value is -1.63. The van der Waals surface area contributed by atoms with Gasteiger partial charge >= 0.3 is 5.97 Å². The molecule has 0 saturated heterocycles. The number of aryl methyl sites for hydroxylation is 1. The predicted octanol–water partition coefficient (Wildman–Crippen LogP) is 3.99. The molecule has 1 heterocycles. The molecule has 2 aromatic rings. The van der Waals surface area contributed by atoms with Crippen LogP contribution >= 0.6 is 34.5 Å². The van der Waals surface area contributed by atoms with Gasteiger partial charge in [0, 0.05) is 10.6 Å². The fourth-order valence-electron chi connectivity index (χ4n) is 1.49. The second kappa shape index (κ2) is 6.89. The largest absolute Gasteiger partial charge is 0.465 e. The SMILES string of the molecule is COC(=O)c1sc(N/N=C/c2ccc(Cl)cc2Cl)nc1C. The average Bonchev–Trinajstić information content (AvgIpc) is 2.81. The third-order valence-corrected chi connectivity index (χ3v) is 4.10. The van der Waals surface area contributed by atoms with Crippen LogP contribution in [0.3, 0.4) is 0 Å². The van der Waals surface area contributed by atoms with Crippen LogP contribution < -0.4 is 5.43 Å². The van der Waals surface area contributed by atoms with Crippen LogP contribution in [0.1, 0.15) is 20.9 Å². The fraction of sp³-hybridized carbons (Fsp3) is 0.154. The molecule has 0 aliphatic carbocycles. The zero-order valence-electron chi connectivity index (χ0n) is 11.2. The number of rotatable bonds is 4. The van der Waals surface area contributed by atoms with Gasteiger partial charge in [0.15, 0.2) is 0 Å². The molecule has 0 spiro atoms. The molecule has 0 unspecified atom stereocenters. The van der Waals surface area contributed by atoms with Crippen LogP contribution in [0.4, 0.5) is 5.13 Å². The van der Waals surface area contributed by atoms with E-state index in [1.807, 2.05) is 0 Å². The highest BCUT2D eigenvalue weighted by Crippen LogP contribution is 2.23. The van der Waals surface area contributed by atoms with Crippen molar-refractivity contribution < 1.29 is 9.53 Å². The van der Waals surface area contributed by atoms with Gasteiger partial charge in [0.05, 0.1) is 24.0 Å². The van der Waals surface area contributed by atoms with E-state index in [1.54, 1.807) is 31.3 Å². The van der Waals surface area contributed by atoms with E-state index in [4.69, 9.17) is 23.2 Å². The Labute approximate surface area is 135 Å². The minimum Gasteiger partial charge on any atom is -0.465 e. The van der Waals surface area contributed by atoms with Crippen LogP contribution in [0, 0.1) is 6.92 Å². The molecular formula is C13H11Cl2N3O2S. The number of methoxy groups -OCH3 is 1. The smallest absolute Gasteiger partial charge is 0.350 e. The first kappa shape index (κ1) is 15.8. The molecule has 0 amide bonds. The molecule has 0 fully saturated rings. The number of benzene rings is 1. The number of nitrogens with zero attached hydrogens (tertiary/aromatic N) is 2. The first-order chi connectivity index (χ1) is 10.0. The van der Waals surface area contributed by atoms with E-state index in [1.165, 1.54) is 18.4 Å². The molecule has 110 valence electrons. The molecule has 1 N–H and O–H groups in total. The molecule has 8 heteroatoms. The number of hydrogen-bond acceptors (Lipinski definition) is 6. The topological polar surface area (TPSA) is 63.6 Å². The summed E-state index contributed by atoms with van der Waals surface area (Å²) in [6, 6.07) is 5.11. The third-order valence-electron chi connectivity index (χ3n) is 2.49. The quantitative estimate of drug-likeness (QED) is 0.517. The number of carbonyl (C=O) groups is 1. The Morgan fingerprint density at radius 3 is 2.90 bits per heavy atom. The summed E-state index contributed by atoms with van der Waals surface area (Å²) < 4.78 is 4.67. The molecule has 0 bridgehead atoms. The van der Waals surface area contributed by atoms with Crippen molar-refractivity contribution in [1.29, 1.82) is 0 Å². The van der Waals surface area contributed by atoms with Crippen molar-refractivity contribution in [1.82, 2.24) is 4.98 Å². The van der Waals surface area contributed by atoms with Gasteiger partial charge in [0.2, 0.25) is 5.13 Å². The monoisotopic (exact) mass is 343 g/mol. The molecule has 0 aliphatic heterocycles. The van der Waals surface area contributed by atoms with Gasteiger partial charge < -0.3 is 4.74 Å². The lowest BCUT2D eigenvalue weighted by Crippen LogP contribution is -1.99. The van der Waals surface area contributed by atoms with E-state index in [9.17, 15) is 4.79 Å². The van der Waals surface area contributed by atoms with Crippen molar-refractivity contribution in [2.45, 2.75) is 6.92 Å². The summed E-state index contributed by atoms with van der Waals surface area (Å²) >= 11 is 13.0. The predicted molar refractivity (Wildman–Crippen MR) is 85.9 cm³/mol. The second-order valence-corrected chi connectivity index (χ2v) is 5.80. The molecule has 2 rings (SSSR count). The van der Waals surface area contributed by atoms with Crippen LogP contribution in [-0.2, 0) is 4.74 Å². The van der Waals surface area contributed by atoms with E-state index >= 15 is 0 Å². The van der Waals surface area contributed by atoms with Gasteiger partial charge in [0.25, 0.3) is 0 Å². The van der Waals surface area contributed by atoms with Crippen LogP contribution in [0.25, 0.3) is 0 Å². The van der Waals surface area contributed by atoms with Gasteiger partial charge in [-0.2, -0.15) is 5.10 Å². The summed E-state index contributed by atoms with van der Waals surface area (Å²) in [5.74, 6) is -0.414. The Kier molecular flexibility index (Phi) is 5.17.